The van der Waals surface area contributed by atoms with Gasteiger partial charge in [0, 0.05) is 6.07 Å². The fourth-order valence-electron chi connectivity index (χ4n) is 1.53. The van der Waals surface area contributed by atoms with Gasteiger partial charge < -0.3 is 10.5 Å². The molecule has 0 aliphatic carbocycles. The number of hydrogen-bond acceptors (Lipinski definition) is 3. The van der Waals surface area contributed by atoms with Gasteiger partial charge in [-0.25, -0.2) is 13.6 Å². The second-order valence-corrected chi connectivity index (χ2v) is 4.04. The lowest BCUT2D eigenvalue weighted by atomic mass is 10.2. The van der Waals surface area contributed by atoms with Crippen molar-refractivity contribution in [2.45, 2.75) is 6.61 Å². The maximum atomic E-state index is 13.4. The average Bonchev–Trinajstić information content (AvgIpc) is 2.44. The molecule has 0 aliphatic heterocycles. The first-order valence-electron chi connectivity index (χ1n) is 5.78. The molecule has 0 bridgehead atoms. The summed E-state index contributed by atoms with van der Waals surface area (Å²) in [7, 11) is 0. The Morgan fingerprint density at radius 3 is 2.55 bits per heavy atom. The van der Waals surface area contributed by atoms with E-state index in [2.05, 4.69) is 5.32 Å². The van der Waals surface area contributed by atoms with Gasteiger partial charge in [0.05, 0.1) is 11.4 Å². The molecule has 0 aliphatic rings. The van der Waals surface area contributed by atoms with Gasteiger partial charge in [0.2, 0.25) is 0 Å². The van der Waals surface area contributed by atoms with Crippen LogP contribution in [0.25, 0.3) is 0 Å². The molecule has 0 aromatic heterocycles. The Labute approximate surface area is 114 Å². The molecule has 0 heterocycles. The standard InChI is InChI=1S/C14H12F2N2O2/c15-10-6-11(16)13(7-12(10)17)18-14(19)20-8-9-4-2-1-3-5-9/h1-7H,8,17H2,(H,18,19). The molecule has 20 heavy (non-hydrogen) atoms. The highest BCUT2D eigenvalue weighted by molar-refractivity contribution is 5.85. The van der Waals surface area contributed by atoms with Gasteiger partial charge in [-0.15, -0.1) is 0 Å². The van der Waals surface area contributed by atoms with Crippen LogP contribution in [0.3, 0.4) is 0 Å². The third kappa shape index (κ3) is 3.44. The second-order valence-electron chi connectivity index (χ2n) is 4.04. The second kappa shape index (κ2) is 6.01. The number of ether oxygens (including phenoxy) is 1. The number of anilines is 2. The van der Waals surface area contributed by atoms with Crippen LogP contribution in [0.4, 0.5) is 25.0 Å². The molecular formula is C14H12F2N2O2. The molecule has 1 amide bonds. The minimum absolute atomic E-state index is 0.0466. The summed E-state index contributed by atoms with van der Waals surface area (Å²) < 4.78 is 31.3. The number of nitrogens with two attached hydrogens (primary N) is 1. The number of nitrogens with one attached hydrogen (secondary N) is 1. The van der Waals surface area contributed by atoms with Gasteiger partial charge in [0.25, 0.3) is 0 Å². The van der Waals surface area contributed by atoms with Crippen molar-refractivity contribution in [1.82, 2.24) is 0 Å². The van der Waals surface area contributed by atoms with E-state index in [0.29, 0.717) is 6.07 Å². The topological polar surface area (TPSA) is 64.3 Å². The molecule has 0 saturated heterocycles. The average molecular weight is 278 g/mol. The Hall–Kier alpha value is -2.63. The van der Waals surface area contributed by atoms with Crippen LogP contribution in [0.1, 0.15) is 5.56 Å². The van der Waals surface area contributed by atoms with Crippen LogP contribution in [0, 0.1) is 11.6 Å². The van der Waals surface area contributed by atoms with Crippen molar-refractivity contribution < 1.29 is 18.3 Å². The van der Waals surface area contributed by atoms with Gasteiger partial charge in [0.1, 0.15) is 18.2 Å². The monoisotopic (exact) mass is 278 g/mol. The van der Waals surface area contributed by atoms with Crippen molar-refractivity contribution in [3.8, 4) is 0 Å². The minimum Gasteiger partial charge on any atom is -0.444 e. The number of amides is 1. The van der Waals surface area contributed by atoms with Crippen molar-refractivity contribution in [2.75, 3.05) is 11.1 Å². The van der Waals surface area contributed by atoms with Crippen LogP contribution < -0.4 is 11.1 Å². The van der Waals surface area contributed by atoms with Crippen LogP contribution in [0.2, 0.25) is 0 Å². The summed E-state index contributed by atoms with van der Waals surface area (Å²) >= 11 is 0. The normalized spacial score (nSPS) is 10.1. The molecule has 2 aromatic rings. The minimum atomic E-state index is -0.923. The van der Waals surface area contributed by atoms with E-state index < -0.39 is 17.7 Å². The third-order valence-corrected chi connectivity index (χ3v) is 2.54. The summed E-state index contributed by atoms with van der Waals surface area (Å²) in [4.78, 5) is 11.5. The van der Waals surface area contributed by atoms with E-state index in [1.54, 1.807) is 24.3 Å². The molecule has 0 saturated carbocycles. The number of nitrogen functional groups attached to an aromatic ring is 1. The maximum absolute atomic E-state index is 13.4. The van der Waals surface area contributed by atoms with E-state index in [9.17, 15) is 13.6 Å². The van der Waals surface area contributed by atoms with Crippen molar-refractivity contribution >= 4 is 17.5 Å². The van der Waals surface area contributed by atoms with Crippen LogP contribution in [0.5, 0.6) is 0 Å². The van der Waals surface area contributed by atoms with Gasteiger partial charge in [-0.1, -0.05) is 30.3 Å². The quantitative estimate of drug-likeness (QED) is 0.847. The Morgan fingerprint density at radius 2 is 1.85 bits per heavy atom. The molecule has 0 unspecified atom stereocenters. The highest BCUT2D eigenvalue weighted by atomic mass is 19.1. The molecule has 2 rings (SSSR count). The highest BCUT2D eigenvalue weighted by Gasteiger charge is 2.11. The predicted molar refractivity (Wildman–Crippen MR) is 71.0 cm³/mol. The lowest BCUT2D eigenvalue weighted by molar-refractivity contribution is 0.155. The van der Waals surface area contributed by atoms with Gasteiger partial charge in [-0.3, -0.25) is 5.32 Å². The smallest absolute Gasteiger partial charge is 0.412 e. The third-order valence-electron chi connectivity index (χ3n) is 2.54. The Morgan fingerprint density at radius 1 is 1.15 bits per heavy atom. The molecule has 4 nitrogen and oxygen atoms in total. The van der Waals surface area contributed by atoms with E-state index in [1.165, 1.54) is 0 Å². The van der Waals surface area contributed by atoms with Crippen molar-refractivity contribution in [3.05, 3.63) is 59.7 Å². The molecular weight excluding hydrogens is 266 g/mol. The molecule has 3 N–H and O–H groups in total. The van der Waals surface area contributed by atoms with E-state index in [4.69, 9.17) is 10.5 Å². The predicted octanol–water partition coefficient (Wildman–Crippen LogP) is 3.30. The number of rotatable bonds is 3. The molecule has 104 valence electrons. The summed E-state index contributed by atoms with van der Waals surface area (Å²) in [6, 6.07) is 10.6. The summed E-state index contributed by atoms with van der Waals surface area (Å²) in [5, 5.41) is 2.17. The van der Waals surface area contributed by atoms with Crippen LogP contribution in [-0.4, -0.2) is 6.09 Å². The SMILES string of the molecule is Nc1cc(NC(=O)OCc2ccccc2)c(F)cc1F. The number of carbonyl (C=O) groups excluding carboxylic acids is 1. The Kier molecular flexibility index (Phi) is 4.14. The van der Waals surface area contributed by atoms with Crippen LogP contribution in [0.15, 0.2) is 42.5 Å². The van der Waals surface area contributed by atoms with Gasteiger partial charge in [-0.05, 0) is 11.6 Å². The lowest BCUT2D eigenvalue weighted by Crippen LogP contribution is -2.15. The first-order valence-corrected chi connectivity index (χ1v) is 5.78. The molecule has 0 fully saturated rings. The number of hydrogen-bond donors (Lipinski definition) is 2. The molecule has 0 spiro atoms. The Bertz CT molecular complexity index is 618. The van der Waals surface area contributed by atoms with Crippen LogP contribution in [-0.2, 0) is 11.3 Å². The zero-order valence-electron chi connectivity index (χ0n) is 10.4. The van der Waals surface area contributed by atoms with E-state index in [-0.39, 0.29) is 18.0 Å². The largest absolute Gasteiger partial charge is 0.444 e. The van der Waals surface area contributed by atoms with E-state index in [0.717, 1.165) is 11.6 Å². The van der Waals surface area contributed by atoms with Crippen molar-refractivity contribution in [2.24, 2.45) is 0 Å². The first kappa shape index (κ1) is 13.8. The van der Waals surface area contributed by atoms with Crippen molar-refractivity contribution in [1.29, 1.82) is 0 Å². The zero-order chi connectivity index (χ0) is 14.5. The first-order chi connectivity index (χ1) is 9.56. The lowest BCUT2D eigenvalue weighted by Gasteiger charge is -2.09. The van der Waals surface area contributed by atoms with E-state index in [1.807, 2.05) is 6.07 Å². The highest BCUT2D eigenvalue weighted by Crippen LogP contribution is 2.21. The zero-order valence-corrected chi connectivity index (χ0v) is 10.4. The van der Waals surface area contributed by atoms with Gasteiger partial charge >= 0.3 is 6.09 Å². The fraction of sp³-hybridized carbons (Fsp3) is 0.0714. The molecule has 0 atom stereocenters. The summed E-state index contributed by atoms with van der Waals surface area (Å²) in [6.45, 7) is 0.0466. The molecule has 6 heteroatoms. The summed E-state index contributed by atoms with van der Waals surface area (Å²) in [5.41, 5.74) is 5.60. The Balaban J connectivity index is 1.97. The fourth-order valence-corrected chi connectivity index (χ4v) is 1.53. The maximum Gasteiger partial charge on any atom is 0.412 e. The number of carbonyl (C=O) groups is 1. The summed E-state index contributed by atoms with van der Waals surface area (Å²) in [6.07, 6.45) is -0.848. The van der Waals surface area contributed by atoms with Crippen LogP contribution >= 0.6 is 0 Å². The van der Waals surface area contributed by atoms with Gasteiger partial charge in [-0.2, -0.15) is 0 Å². The van der Waals surface area contributed by atoms with Gasteiger partial charge in [0.15, 0.2) is 0 Å². The molecule has 2 aromatic carbocycles. The summed E-state index contributed by atoms with van der Waals surface area (Å²) in [5.74, 6) is -1.81. The van der Waals surface area contributed by atoms with Crippen molar-refractivity contribution in [3.63, 3.8) is 0 Å². The van der Waals surface area contributed by atoms with E-state index >= 15 is 0 Å². The molecule has 0 radical (unpaired) electrons. The number of halogens is 2. The number of benzene rings is 2.